The van der Waals surface area contributed by atoms with Crippen LogP contribution in [0.3, 0.4) is 0 Å². The van der Waals surface area contributed by atoms with Gasteiger partial charge in [0.15, 0.2) is 5.82 Å². The smallest absolute Gasteiger partial charge is 0.160 e. The van der Waals surface area contributed by atoms with Crippen molar-refractivity contribution >= 4 is 11.6 Å². The largest absolute Gasteiger partial charge is 0.383 e. The monoisotopic (exact) mass is 225 g/mol. The van der Waals surface area contributed by atoms with Crippen molar-refractivity contribution in [3.05, 3.63) is 12.4 Å². The summed E-state index contributed by atoms with van der Waals surface area (Å²) in [5, 5.41) is 0. The number of rotatable bonds is 6. The molecule has 0 unspecified atom stereocenters. The number of nitrogens with two attached hydrogens (primary N) is 1. The lowest BCUT2D eigenvalue weighted by atomic mass is 10.3. The molecule has 0 aliphatic heterocycles. The molecule has 0 radical (unpaired) electrons. The number of hydrazine groups is 1. The molecule has 0 aromatic carbocycles. The average Bonchev–Trinajstić information content (AvgIpc) is 2.29. The third-order valence-electron chi connectivity index (χ3n) is 2.22. The van der Waals surface area contributed by atoms with E-state index in [0.29, 0.717) is 18.5 Å². The number of methoxy groups -OCH3 is 1. The van der Waals surface area contributed by atoms with E-state index in [0.717, 1.165) is 12.4 Å². The molecule has 1 aromatic rings. The van der Waals surface area contributed by atoms with E-state index < -0.39 is 0 Å². The summed E-state index contributed by atoms with van der Waals surface area (Å²) < 4.78 is 5.07. The highest BCUT2D eigenvalue weighted by molar-refractivity contribution is 5.43. The molecule has 0 atom stereocenters. The molecular weight excluding hydrogens is 206 g/mol. The van der Waals surface area contributed by atoms with Gasteiger partial charge in [0.25, 0.3) is 0 Å². The van der Waals surface area contributed by atoms with Crippen molar-refractivity contribution in [2.24, 2.45) is 5.84 Å². The summed E-state index contributed by atoms with van der Waals surface area (Å²) in [6.07, 6.45) is 3.30. The first-order chi connectivity index (χ1) is 7.69. The zero-order valence-corrected chi connectivity index (χ0v) is 9.97. The second kappa shape index (κ2) is 6.24. The first-order valence-corrected chi connectivity index (χ1v) is 5.23. The van der Waals surface area contributed by atoms with Gasteiger partial charge in [0, 0.05) is 19.7 Å². The SMILES string of the molecule is COCCN(c1cncc(NN)n1)C(C)C. The second-order valence-electron chi connectivity index (χ2n) is 3.69. The van der Waals surface area contributed by atoms with Crippen LogP contribution in [-0.4, -0.2) is 36.3 Å². The van der Waals surface area contributed by atoms with Crippen molar-refractivity contribution in [2.45, 2.75) is 19.9 Å². The average molecular weight is 225 g/mol. The molecular formula is C10H19N5O. The van der Waals surface area contributed by atoms with Gasteiger partial charge < -0.3 is 15.1 Å². The van der Waals surface area contributed by atoms with Gasteiger partial charge in [-0.25, -0.2) is 10.8 Å². The Morgan fingerprint density at radius 1 is 1.50 bits per heavy atom. The third kappa shape index (κ3) is 3.32. The van der Waals surface area contributed by atoms with Gasteiger partial charge in [-0.1, -0.05) is 0 Å². The number of ether oxygens (including phenoxy) is 1. The van der Waals surface area contributed by atoms with E-state index in [9.17, 15) is 0 Å². The molecule has 0 aliphatic carbocycles. The van der Waals surface area contributed by atoms with Crippen molar-refractivity contribution in [1.29, 1.82) is 0 Å². The fourth-order valence-corrected chi connectivity index (χ4v) is 1.39. The lowest BCUT2D eigenvalue weighted by Gasteiger charge is -2.27. The quantitative estimate of drug-likeness (QED) is 0.546. The van der Waals surface area contributed by atoms with Gasteiger partial charge in [0.2, 0.25) is 0 Å². The van der Waals surface area contributed by atoms with Crippen LogP contribution in [0.5, 0.6) is 0 Å². The van der Waals surface area contributed by atoms with Crippen LogP contribution in [-0.2, 0) is 4.74 Å². The molecule has 90 valence electrons. The van der Waals surface area contributed by atoms with E-state index in [2.05, 4.69) is 34.1 Å². The minimum atomic E-state index is 0.331. The Morgan fingerprint density at radius 2 is 2.25 bits per heavy atom. The van der Waals surface area contributed by atoms with Crippen molar-refractivity contribution in [3.63, 3.8) is 0 Å². The molecule has 0 aliphatic rings. The second-order valence-corrected chi connectivity index (χ2v) is 3.69. The molecule has 16 heavy (non-hydrogen) atoms. The maximum Gasteiger partial charge on any atom is 0.160 e. The zero-order valence-electron chi connectivity index (χ0n) is 9.97. The van der Waals surface area contributed by atoms with Gasteiger partial charge >= 0.3 is 0 Å². The molecule has 3 N–H and O–H groups in total. The van der Waals surface area contributed by atoms with Gasteiger partial charge in [-0.2, -0.15) is 0 Å². The number of nitrogens with one attached hydrogen (secondary N) is 1. The van der Waals surface area contributed by atoms with Crippen molar-refractivity contribution in [2.75, 3.05) is 30.6 Å². The standard InChI is InChI=1S/C10H19N5O/c1-8(2)15(4-5-16-3)10-7-12-6-9(13-10)14-11/h6-8H,4-5,11H2,1-3H3,(H,13,14). The number of nitrogens with zero attached hydrogens (tertiary/aromatic N) is 3. The number of hydrogen-bond donors (Lipinski definition) is 2. The molecule has 0 amide bonds. The first-order valence-electron chi connectivity index (χ1n) is 5.23. The molecule has 1 heterocycles. The lowest BCUT2D eigenvalue weighted by molar-refractivity contribution is 0.203. The summed E-state index contributed by atoms with van der Waals surface area (Å²) in [5.74, 6) is 6.65. The molecule has 6 nitrogen and oxygen atoms in total. The highest BCUT2D eigenvalue weighted by atomic mass is 16.5. The van der Waals surface area contributed by atoms with Gasteiger partial charge in [-0.05, 0) is 13.8 Å². The number of hydrogen-bond acceptors (Lipinski definition) is 6. The fraction of sp³-hybridized carbons (Fsp3) is 0.600. The van der Waals surface area contributed by atoms with Crippen molar-refractivity contribution < 1.29 is 4.74 Å². The molecule has 6 heteroatoms. The van der Waals surface area contributed by atoms with Crippen LogP contribution in [0.1, 0.15) is 13.8 Å². The summed E-state index contributed by atoms with van der Waals surface area (Å²) in [4.78, 5) is 10.5. The fourth-order valence-electron chi connectivity index (χ4n) is 1.39. The van der Waals surface area contributed by atoms with Crippen LogP contribution in [0.4, 0.5) is 11.6 Å². The van der Waals surface area contributed by atoms with Crippen LogP contribution >= 0.6 is 0 Å². The van der Waals surface area contributed by atoms with Crippen molar-refractivity contribution in [3.8, 4) is 0 Å². The van der Waals surface area contributed by atoms with Crippen LogP contribution in [0, 0.1) is 0 Å². The Bertz CT molecular complexity index is 318. The summed E-state index contributed by atoms with van der Waals surface area (Å²) in [6, 6.07) is 0.331. The van der Waals surface area contributed by atoms with Crippen LogP contribution < -0.4 is 16.2 Å². The Labute approximate surface area is 95.8 Å². The Kier molecular flexibility index (Phi) is 4.94. The number of aromatic nitrogens is 2. The summed E-state index contributed by atoms with van der Waals surface area (Å²) in [6.45, 7) is 5.62. The minimum absolute atomic E-state index is 0.331. The van der Waals surface area contributed by atoms with Crippen molar-refractivity contribution in [1.82, 2.24) is 9.97 Å². The predicted molar refractivity (Wildman–Crippen MR) is 64.2 cm³/mol. The molecule has 0 fully saturated rings. The van der Waals surface area contributed by atoms with Crippen LogP contribution in [0.2, 0.25) is 0 Å². The highest BCUT2D eigenvalue weighted by Gasteiger charge is 2.12. The van der Waals surface area contributed by atoms with E-state index in [1.54, 1.807) is 19.5 Å². The number of anilines is 2. The minimum Gasteiger partial charge on any atom is -0.383 e. The maximum atomic E-state index is 5.30. The summed E-state index contributed by atoms with van der Waals surface area (Å²) >= 11 is 0. The summed E-state index contributed by atoms with van der Waals surface area (Å²) in [5.41, 5.74) is 2.49. The molecule has 0 saturated carbocycles. The molecule has 0 spiro atoms. The summed E-state index contributed by atoms with van der Waals surface area (Å²) in [7, 11) is 1.68. The topological polar surface area (TPSA) is 76.3 Å². The molecule has 1 aromatic heterocycles. The normalized spacial score (nSPS) is 10.6. The zero-order chi connectivity index (χ0) is 12.0. The molecule has 1 rings (SSSR count). The van der Waals surface area contributed by atoms with E-state index in [1.165, 1.54) is 0 Å². The number of nitrogen functional groups attached to an aromatic ring is 1. The predicted octanol–water partition coefficient (Wildman–Crippen LogP) is 0.623. The molecule has 0 bridgehead atoms. The Balaban J connectivity index is 2.82. The van der Waals surface area contributed by atoms with Gasteiger partial charge in [0.1, 0.15) is 5.82 Å². The highest BCUT2D eigenvalue weighted by Crippen LogP contribution is 2.14. The first kappa shape index (κ1) is 12.7. The van der Waals surface area contributed by atoms with E-state index in [-0.39, 0.29) is 0 Å². The van der Waals surface area contributed by atoms with Gasteiger partial charge in [0.05, 0.1) is 19.0 Å². The maximum absolute atomic E-state index is 5.30. The van der Waals surface area contributed by atoms with E-state index in [4.69, 9.17) is 10.6 Å². The third-order valence-corrected chi connectivity index (χ3v) is 2.22. The van der Waals surface area contributed by atoms with Crippen LogP contribution in [0.15, 0.2) is 12.4 Å². The van der Waals surface area contributed by atoms with E-state index >= 15 is 0 Å². The van der Waals surface area contributed by atoms with Gasteiger partial charge in [-0.15, -0.1) is 0 Å². The molecule has 0 saturated heterocycles. The van der Waals surface area contributed by atoms with Crippen LogP contribution in [0.25, 0.3) is 0 Å². The Hall–Kier alpha value is -1.40. The Morgan fingerprint density at radius 3 is 2.81 bits per heavy atom. The van der Waals surface area contributed by atoms with Gasteiger partial charge in [-0.3, -0.25) is 4.98 Å². The lowest BCUT2D eigenvalue weighted by Crippen LogP contribution is -2.34. The van der Waals surface area contributed by atoms with E-state index in [1.807, 2.05) is 0 Å².